The van der Waals surface area contributed by atoms with Gasteiger partial charge in [0.15, 0.2) is 5.11 Å². The van der Waals surface area contributed by atoms with Gasteiger partial charge in [0.2, 0.25) is 0 Å². The Hall–Kier alpha value is -1.62. The Morgan fingerprint density at radius 1 is 1.47 bits per heavy atom. The molecular formula is C12H17N3OS. The Bertz CT molecular complexity index is 387. The van der Waals surface area contributed by atoms with Crippen LogP contribution >= 0.6 is 12.2 Å². The fourth-order valence-corrected chi connectivity index (χ4v) is 1.14. The number of hydrogen-bond donors (Lipinski definition) is 2. The topological polar surface area (TPSA) is 59.6 Å². The Balaban J connectivity index is 2.50. The van der Waals surface area contributed by atoms with E-state index in [1.54, 1.807) is 6.21 Å². The summed E-state index contributed by atoms with van der Waals surface area (Å²) in [4.78, 5) is 0. The maximum atomic E-state index is 5.56. The predicted molar refractivity (Wildman–Crippen MR) is 74.3 cm³/mol. The van der Waals surface area contributed by atoms with Crippen LogP contribution in [0.5, 0.6) is 5.75 Å². The van der Waals surface area contributed by atoms with Gasteiger partial charge in [-0.1, -0.05) is 13.8 Å². The van der Waals surface area contributed by atoms with Crippen LogP contribution in [0.4, 0.5) is 0 Å². The van der Waals surface area contributed by atoms with Gasteiger partial charge in [-0.15, -0.1) is 0 Å². The van der Waals surface area contributed by atoms with Crippen LogP contribution in [0.3, 0.4) is 0 Å². The lowest BCUT2D eigenvalue weighted by Crippen LogP contribution is -2.23. The van der Waals surface area contributed by atoms with Gasteiger partial charge in [0, 0.05) is 0 Å². The maximum absolute atomic E-state index is 5.56. The zero-order valence-corrected chi connectivity index (χ0v) is 10.8. The summed E-state index contributed by atoms with van der Waals surface area (Å²) >= 11 is 4.62. The van der Waals surface area contributed by atoms with E-state index in [0.717, 1.165) is 17.9 Å². The van der Waals surface area contributed by atoms with Crippen molar-refractivity contribution in [2.24, 2.45) is 16.8 Å². The minimum absolute atomic E-state index is 0.151. The molecule has 0 unspecified atom stereocenters. The van der Waals surface area contributed by atoms with Crippen molar-refractivity contribution in [2.75, 3.05) is 6.61 Å². The Morgan fingerprint density at radius 3 is 2.65 bits per heavy atom. The Kier molecular flexibility index (Phi) is 5.42. The quantitative estimate of drug-likeness (QED) is 0.476. The second-order valence-corrected chi connectivity index (χ2v) is 4.45. The highest BCUT2D eigenvalue weighted by Gasteiger charge is 1.96. The van der Waals surface area contributed by atoms with E-state index < -0.39 is 0 Å². The van der Waals surface area contributed by atoms with Gasteiger partial charge in [-0.3, -0.25) is 5.43 Å². The molecule has 3 N–H and O–H groups in total. The van der Waals surface area contributed by atoms with E-state index >= 15 is 0 Å². The molecule has 92 valence electrons. The molecule has 0 radical (unpaired) electrons. The monoisotopic (exact) mass is 251 g/mol. The molecule has 5 heteroatoms. The average Bonchev–Trinajstić information content (AvgIpc) is 2.27. The van der Waals surface area contributed by atoms with Crippen LogP contribution in [-0.4, -0.2) is 17.9 Å². The molecule has 0 heterocycles. The largest absolute Gasteiger partial charge is 0.493 e. The van der Waals surface area contributed by atoms with Crippen molar-refractivity contribution in [2.45, 2.75) is 13.8 Å². The first-order valence-electron chi connectivity index (χ1n) is 5.39. The van der Waals surface area contributed by atoms with E-state index in [-0.39, 0.29) is 5.11 Å². The summed E-state index contributed by atoms with van der Waals surface area (Å²) in [6.45, 7) is 4.95. The number of thiocarbonyl (C=S) groups is 1. The molecule has 1 aromatic rings. The van der Waals surface area contributed by atoms with E-state index in [9.17, 15) is 0 Å². The molecule has 0 aliphatic rings. The van der Waals surface area contributed by atoms with Gasteiger partial charge in [-0.05, 0) is 48.0 Å². The number of hydrazone groups is 1. The van der Waals surface area contributed by atoms with Crippen LogP contribution in [0.1, 0.15) is 19.4 Å². The van der Waals surface area contributed by atoms with E-state index in [1.807, 2.05) is 24.3 Å². The van der Waals surface area contributed by atoms with Gasteiger partial charge >= 0.3 is 0 Å². The normalized spacial score (nSPS) is 10.8. The number of nitrogens with one attached hydrogen (secondary N) is 1. The van der Waals surface area contributed by atoms with Crippen molar-refractivity contribution in [1.82, 2.24) is 5.43 Å². The second-order valence-electron chi connectivity index (χ2n) is 4.01. The molecule has 0 aliphatic heterocycles. The lowest BCUT2D eigenvalue weighted by atomic mass is 10.2. The molecule has 0 amide bonds. The average molecular weight is 251 g/mol. The minimum atomic E-state index is 0.151. The summed E-state index contributed by atoms with van der Waals surface area (Å²) in [5.74, 6) is 1.38. The third-order valence-corrected chi connectivity index (χ3v) is 1.94. The molecule has 1 rings (SSSR count). The highest BCUT2D eigenvalue weighted by atomic mass is 32.1. The molecule has 1 aromatic carbocycles. The smallest absolute Gasteiger partial charge is 0.184 e. The number of nitrogens with zero attached hydrogens (tertiary/aromatic N) is 1. The number of nitrogens with two attached hydrogens (primary N) is 1. The molecule has 0 saturated carbocycles. The van der Waals surface area contributed by atoms with Crippen molar-refractivity contribution in [3.05, 3.63) is 29.8 Å². The van der Waals surface area contributed by atoms with Crippen LogP contribution in [0.25, 0.3) is 0 Å². The molecule has 0 fully saturated rings. The minimum Gasteiger partial charge on any atom is -0.493 e. The summed E-state index contributed by atoms with van der Waals surface area (Å²) in [5.41, 5.74) is 8.68. The van der Waals surface area contributed by atoms with Gasteiger partial charge in [-0.2, -0.15) is 5.10 Å². The van der Waals surface area contributed by atoms with Crippen LogP contribution in [-0.2, 0) is 0 Å². The summed E-state index contributed by atoms with van der Waals surface area (Å²) < 4.78 is 5.56. The molecule has 0 aliphatic carbocycles. The zero-order chi connectivity index (χ0) is 12.7. The van der Waals surface area contributed by atoms with Crippen molar-refractivity contribution in [3.63, 3.8) is 0 Å². The van der Waals surface area contributed by atoms with Gasteiger partial charge in [0.25, 0.3) is 0 Å². The SMILES string of the molecule is CC(C)COc1ccc(/C=N/NC(N)=S)cc1. The molecule has 0 saturated heterocycles. The van der Waals surface area contributed by atoms with Gasteiger partial charge in [0.05, 0.1) is 12.8 Å². The van der Waals surface area contributed by atoms with Crippen LogP contribution < -0.4 is 15.9 Å². The van der Waals surface area contributed by atoms with Crippen LogP contribution in [0.15, 0.2) is 29.4 Å². The standard InChI is InChI=1S/C12H17N3OS/c1-9(2)8-16-11-5-3-10(4-6-11)7-14-15-12(13)17/h3-7,9H,8H2,1-2H3,(H3,13,15,17)/b14-7+. The zero-order valence-electron chi connectivity index (χ0n) is 10.0. The second kappa shape index (κ2) is 6.85. The van der Waals surface area contributed by atoms with Crippen molar-refractivity contribution in [1.29, 1.82) is 0 Å². The highest BCUT2D eigenvalue weighted by Crippen LogP contribution is 2.12. The lowest BCUT2D eigenvalue weighted by Gasteiger charge is -2.08. The highest BCUT2D eigenvalue weighted by molar-refractivity contribution is 7.80. The van der Waals surface area contributed by atoms with E-state index in [2.05, 4.69) is 36.6 Å². The fraction of sp³-hybridized carbons (Fsp3) is 0.333. The summed E-state index contributed by atoms with van der Waals surface area (Å²) in [6.07, 6.45) is 1.64. The third-order valence-electron chi connectivity index (χ3n) is 1.85. The first kappa shape index (κ1) is 13.4. The molecular weight excluding hydrogens is 234 g/mol. The number of rotatable bonds is 5. The predicted octanol–water partition coefficient (Wildman–Crippen LogP) is 1.89. The van der Waals surface area contributed by atoms with Crippen molar-refractivity contribution >= 4 is 23.5 Å². The molecule has 4 nitrogen and oxygen atoms in total. The van der Waals surface area contributed by atoms with Gasteiger partial charge < -0.3 is 10.5 Å². The number of ether oxygens (including phenoxy) is 1. The maximum Gasteiger partial charge on any atom is 0.184 e. The van der Waals surface area contributed by atoms with E-state index in [1.165, 1.54) is 0 Å². The lowest BCUT2D eigenvalue weighted by molar-refractivity contribution is 0.271. The number of hydrogen-bond acceptors (Lipinski definition) is 3. The van der Waals surface area contributed by atoms with Crippen LogP contribution in [0, 0.1) is 5.92 Å². The molecule has 0 bridgehead atoms. The first-order chi connectivity index (χ1) is 8.08. The summed E-state index contributed by atoms with van der Waals surface area (Å²) in [6, 6.07) is 7.65. The van der Waals surface area contributed by atoms with Gasteiger partial charge in [0.1, 0.15) is 5.75 Å². The van der Waals surface area contributed by atoms with Crippen molar-refractivity contribution < 1.29 is 4.74 Å². The molecule has 0 aromatic heterocycles. The Morgan fingerprint density at radius 2 is 2.12 bits per heavy atom. The Labute approximate surface area is 107 Å². The van der Waals surface area contributed by atoms with E-state index in [4.69, 9.17) is 10.5 Å². The number of benzene rings is 1. The molecule has 0 atom stereocenters. The van der Waals surface area contributed by atoms with E-state index in [0.29, 0.717) is 5.92 Å². The first-order valence-corrected chi connectivity index (χ1v) is 5.80. The van der Waals surface area contributed by atoms with Crippen LogP contribution in [0.2, 0.25) is 0 Å². The van der Waals surface area contributed by atoms with Gasteiger partial charge in [-0.25, -0.2) is 0 Å². The summed E-state index contributed by atoms with van der Waals surface area (Å²) in [5, 5.41) is 4.01. The molecule has 17 heavy (non-hydrogen) atoms. The van der Waals surface area contributed by atoms with Crippen molar-refractivity contribution in [3.8, 4) is 5.75 Å². The third kappa shape index (κ3) is 5.87. The fourth-order valence-electron chi connectivity index (χ4n) is 1.08. The summed E-state index contributed by atoms with van der Waals surface area (Å²) in [7, 11) is 0. The molecule has 0 spiro atoms.